The Kier molecular flexibility index (Phi) is 6.43. The number of fused-ring (bicyclic) bond motifs is 1. The van der Waals surface area contributed by atoms with Crippen molar-refractivity contribution in [1.29, 1.82) is 0 Å². The summed E-state index contributed by atoms with van der Waals surface area (Å²) >= 11 is 1.26. The van der Waals surface area contributed by atoms with E-state index in [4.69, 9.17) is 0 Å². The number of thioether (sulfide) groups is 1. The summed E-state index contributed by atoms with van der Waals surface area (Å²) in [6.07, 6.45) is 7.72. The Morgan fingerprint density at radius 1 is 1.10 bits per heavy atom. The van der Waals surface area contributed by atoms with Crippen LogP contribution in [-0.2, 0) is 6.54 Å². The molecule has 0 atom stereocenters. The van der Waals surface area contributed by atoms with Crippen LogP contribution >= 0.6 is 11.8 Å². The van der Waals surface area contributed by atoms with Crippen LogP contribution in [0.15, 0.2) is 70.1 Å². The number of carbonyl (C=O) groups excluding carboxylic acids is 1. The van der Waals surface area contributed by atoms with Crippen LogP contribution in [0.25, 0.3) is 10.9 Å². The molecule has 4 rings (SSSR count). The highest BCUT2D eigenvalue weighted by atomic mass is 32.2. The van der Waals surface area contributed by atoms with Crippen molar-refractivity contribution in [3.63, 3.8) is 0 Å². The lowest BCUT2D eigenvalue weighted by Gasteiger charge is -2.16. The first-order chi connectivity index (χ1) is 14.6. The van der Waals surface area contributed by atoms with E-state index in [0.29, 0.717) is 28.2 Å². The molecular formula is C24H23FN2O2S. The van der Waals surface area contributed by atoms with E-state index in [2.05, 4.69) is 11.1 Å². The summed E-state index contributed by atoms with van der Waals surface area (Å²) in [5.41, 5.74) is 2.40. The monoisotopic (exact) mass is 422 g/mol. The van der Waals surface area contributed by atoms with E-state index in [0.717, 1.165) is 19.3 Å². The standard InChI is InChI=1S/C24H23FN2O2S/c25-19-12-10-18(11-13-19)22(28)16-30-24-26-21-9-5-4-8-20(21)23(29)27(24)15-14-17-6-2-1-3-7-17/h4-6,8-13H,1-3,7,14-16H2. The summed E-state index contributed by atoms with van der Waals surface area (Å²) in [6, 6.07) is 12.8. The summed E-state index contributed by atoms with van der Waals surface area (Å²) in [6.45, 7) is 0.551. The molecule has 3 aromatic rings. The molecule has 4 nitrogen and oxygen atoms in total. The van der Waals surface area contributed by atoms with Crippen molar-refractivity contribution in [3.8, 4) is 0 Å². The summed E-state index contributed by atoms with van der Waals surface area (Å²) in [7, 11) is 0. The van der Waals surface area contributed by atoms with Gasteiger partial charge < -0.3 is 0 Å². The van der Waals surface area contributed by atoms with E-state index >= 15 is 0 Å². The van der Waals surface area contributed by atoms with Crippen LogP contribution in [0.3, 0.4) is 0 Å². The largest absolute Gasteiger partial charge is 0.293 e. The van der Waals surface area contributed by atoms with E-state index in [9.17, 15) is 14.0 Å². The number of hydrogen-bond acceptors (Lipinski definition) is 4. The minimum absolute atomic E-state index is 0.0752. The highest BCUT2D eigenvalue weighted by molar-refractivity contribution is 7.99. The number of benzene rings is 2. The van der Waals surface area contributed by atoms with Crippen LogP contribution in [0.5, 0.6) is 0 Å². The molecule has 1 aromatic heterocycles. The van der Waals surface area contributed by atoms with Crippen molar-refractivity contribution >= 4 is 28.4 Å². The predicted octanol–water partition coefficient (Wildman–Crippen LogP) is 5.40. The lowest BCUT2D eigenvalue weighted by Crippen LogP contribution is -2.24. The number of allylic oxidation sites excluding steroid dienone is 2. The van der Waals surface area contributed by atoms with E-state index in [1.807, 2.05) is 18.2 Å². The number of aromatic nitrogens is 2. The normalized spacial score (nSPS) is 14.0. The first-order valence-electron chi connectivity index (χ1n) is 10.2. The number of ketones is 1. The number of halogens is 1. The average Bonchev–Trinajstić information content (AvgIpc) is 2.78. The Morgan fingerprint density at radius 3 is 2.67 bits per heavy atom. The average molecular weight is 423 g/mol. The molecule has 0 N–H and O–H groups in total. The van der Waals surface area contributed by atoms with Gasteiger partial charge in [0.05, 0.1) is 16.7 Å². The predicted molar refractivity (Wildman–Crippen MR) is 119 cm³/mol. The maximum absolute atomic E-state index is 13.1. The van der Waals surface area contributed by atoms with Gasteiger partial charge in [0.25, 0.3) is 5.56 Å². The Bertz CT molecular complexity index is 1150. The minimum Gasteiger partial charge on any atom is -0.293 e. The lowest BCUT2D eigenvalue weighted by atomic mass is 9.97. The van der Waals surface area contributed by atoms with E-state index in [1.54, 1.807) is 10.6 Å². The highest BCUT2D eigenvalue weighted by Crippen LogP contribution is 2.23. The van der Waals surface area contributed by atoms with Crippen molar-refractivity contribution in [2.75, 3.05) is 5.75 Å². The summed E-state index contributed by atoms with van der Waals surface area (Å²) in [5, 5.41) is 1.13. The molecule has 1 heterocycles. The number of rotatable bonds is 7. The smallest absolute Gasteiger partial charge is 0.262 e. The first kappa shape index (κ1) is 20.5. The summed E-state index contributed by atoms with van der Waals surface area (Å²) in [5.74, 6) is -0.357. The second kappa shape index (κ2) is 9.39. The highest BCUT2D eigenvalue weighted by Gasteiger charge is 2.15. The quantitative estimate of drug-likeness (QED) is 0.221. The molecule has 0 spiro atoms. The molecule has 0 unspecified atom stereocenters. The molecule has 0 fully saturated rings. The Hall–Kier alpha value is -2.73. The van der Waals surface area contributed by atoms with Gasteiger partial charge >= 0.3 is 0 Å². The zero-order valence-corrected chi connectivity index (χ0v) is 17.5. The third-order valence-corrected chi connectivity index (χ3v) is 6.34. The molecule has 0 radical (unpaired) electrons. The van der Waals surface area contributed by atoms with Crippen LogP contribution in [0.1, 0.15) is 42.5 Å². The molecule has 0 bridgehead atoms. The van der Waals surface area contributed by atoms with Gasteiger partial charge in [-0.1, -0.05) is 35.5 Å². The number of Topliss-reactive ketones (excluding diaryl/α,β-unsaturated/α-hetero) is 1. The van der Waals surface area contributed by atoms with Gasteiger partial charge in [0.2, 0.25) is 0 Å². The molecule has 154 valence electrons. The Balaban J connectivity index is 1.59. The fourth-order valence-electron chi connectivity index (χ4n) is 3.69. The number of para-hydroxylation sites is 1. The second-order valence-electron chi connectivity index (χ2n) is 7.45. The van der Waals surface area contributed by atoms with Gasteiger partial charge in [0.15, 0.2) is 10.9 Å². The maximum atomic E-state index is 13.1. The first-order valence-corrected chi connectivity index (χ1v) is 11.2. The molecule has 0 amide bonds. The molecular weight excluding hydrogens is 399 g/mol. The Labute approximate surface area is 178 Å². The Morgan fingerprint density at radius 2 is 1.90 bits per heavy atom. The van der Waals surface area contributed by atoms with Crippen LogP contribution in [-0.4, -0.2) is 21.1 Å². The minimum atomic E-state index is -0.374. The van der Waals surface area contributed by atoms with Crippen molar-refractivity contribution in [3.05, 3.63) is 81.9 Å². The molecule has 1 aliphatic carbocycles. The van der Waals surface area contributed by atoms with Crippen molar-refractivity contribution < 1.29 is 9.18 Å². The van der Waals surface area contributed by atoms with Gasteiger partial charge in [-0.05, 0) is 68.5 Å². The van der Waals surface area contributed by atoms with Gasteiger partial charge in [-0.25, -0.2) is 9.37 Å². The summed E-state index contributed by atoms with van der Waals surface area (Å²) < 4.78 is 14.8. The van der Waals surface area contributed by atoms with E-state index in [-0.39, 0.29) is 22.9 Å². The van der Waals surface area contributed by atoms with Gasteiger partial charge in [-0.3, -0.25) is 14.2 Å². The number of nitrogens with zero attached hydrogens (tertiary/aromatic N) is 2. The van der Waals surface area contributed by atoms with Crippen LogP contribution < -0.4 is 5.56 Å². The fraction of sp³-hybridized carbons (Fsp3) is 0.292. The van der Waals surface area contributed by atoms with Gasteiger partial charge in [0.1, 0.15) is 5.82 Å². The van der Waals surface area contributed by atoms with Crippen LogP contribution in [0.2, 0.25) is 0 Å². The van der Waals surface area contributed by atoms with E-state index in [1.165, 1.54) is 54.4 Å². The number of carbonyl (C=O) groups is 1. The zero-order chi connectivity index (χ0) is 20.9. The van der Waals surface area contributed by atoms with Crippen LogP contribution in [0, 0.1) is 5.82 Å². The van der Waals surface area contributed by atoms with Crippen molar-refractivity contribution in [2.45, 2.75) is 43.8 Å². The molecule has 0 aliphatic heterocycles. The van der Waals surface area contributed by atoms with Crippen molar-refractivity contribution in [1.82, 2.24) is 9.55 Å². The van der Waals surface area contributed by atoms with Crippen molar-refractivity contribution in [2.24, 2.45) is 0 Å². The third-order valence-electron chi connectivity index (χ3n) is 5.37. The maximum Gasteiger partial charge on any atom is 0.262 e. The van der Waals surface area contributed by atoms with Gasteiger partial charge in [-0.2, -0.15) is 0 Å². The van der Waals surface area contributed by atoms with Crippen LogP contribution in [0.4, 0.5) is 4.39 Å². The molecule has 1 aliphatic rings. The zero-order valence-electron chi connectivity index (χ0n) is 16.6. The fourth-order valence-corrected chi connectivity index (χ4v) is 4.61. The molecule has 0 saturated heterocycles. The third kappa shape index (κ3) is 4.70. The molecule has 30 heavy (non-hydrogen) atoms. The lowest BCUT2D eigenvalue weighted by molar-refractivity contribution is 0.102. The second-order valence-corrected chi connectivity index (χ2v) is 8.39. The van der Waals surface area contributed by atoms with Gasteiger partial charge in [-0.15, -0.1) is 0 Å². The molecule has 2 aromatic carbocycles. The summed E-state index contributed by atoms with van der Waals surface area (Å²) in [4.78, 5) is 30.3. The number of hydrogen-bond donors (Lipinski definition) is 0. The SMILES string of the molecule is O=C(CSc1nc2ccccc2c(=O)n1CCC1=CCCCC1)c1ccc(F)cc1. The van der Waals surface area contributed by atoms with Gasteiger partial charge in [0, 0.05) is 12.1 Å². The molecule has 0 saturated carbocycles. The molecule has 6 heteroatoms. The van der Waals surface area contributed by atoms with E-state index < -0.39 is 0 Å². The topological polar surface area (TPSA) is 52.0 Å².